The Balaban J connectivity index is 2.02. The van der Waals surface area contributed by atoms with Crippen LogP contribution in [0.2, 0.25) is 0 Å². The van der Waals surface area contributed by atoms with Gasteiger partial charge in [-0.15, -0.1) is 11.3 Å². The second-order valence-corrected chi connectivity index (χ2v) is 6.08. The van der Waals surface area contributed by atoms with Crippen molar-refractivity contribution in [3.63, 3.8) is 0 Å². The monoisotopic (exact) mass is 306 g/mol. The van der Waals surface area contributed by atoms with E-state index in [9.17, 15) is 0 Å². The van der Waals surface area contributed by atoms with E-state index in [2.05, 4.69) is 20.3 Å². The molecule has 0 saturated carbocycles. The highest BCUT2D eigenvalue weighted by atomic mass is 32.2. The smallest absolute Gasteiger partial charge is 0.262 e. The Morgan fingerprint density at radius 3 is 2.85 bits per heavy atom. The number of hydrogen-bond acceptors (Lipinski definition) is 7. The average molecular weight is 306 g/mol. The second-order valence-electron chi connectivity index (χ2n) is 4.25. The van der Waals surface area contributed by atoms with Crippen molar-refractivity contribution in [1.82, 2.24) is 15.0 Å². The van der Waals surface area contributed by atoms with Crippen molar-refractivity contribution in [2.24, 2.45) is 0 Å². The molecule has 5 nitrogen and oxygen atoms in total. The topological polar surface area (TPSA) is 63.8 Å². The summed E-state index contributed by atoms with van der Waals surface area (Å²) < 4.78 is 5.62. The van der Waals surface area contributed by atoms with Gasteiger partial charge in [0, 0.05) is 11.9 Å². The van der Waals surface area contributed by atoms with Crippen molar-refractivity contribution in [2.75, 3.05) is 11.9 Å². The number of hydrogen-bond donors (Lipinski definition) is 1. The van der Waals surface area contributed by atoms with Crippen LogP contribution in [-0.4, -0.2) is 21.5 Å². The molecule has 0 aliphatic rings. The molecule has 0 saturated heterocycles. The van der Waals surface area contributed by atoms with Crippen molar-refractivity contribution in [1.29, 1.82) is 0 Å². The first kappa shape index (κ1) is 13.4. The summed E-state index contributed by atoms with van der Waals surface area (Å²) in [5.74, 6) is 1.49. The molecule has 0 unspecified atom stereocenters. The van der Waals surface area contributed by atoms with Crippen LogP contribution < -0.4 is 5.32 Å². The lowest BCUT2D eigenvalue weighted by molar-refractivity contribution is 0.431. The molecule has 0 amide bonds. The average Bonchev–Trinajstić information content (AvgIpc) is 2.98. The highest BCUT2D eigenvalue weighted by Gasteiger charge is 2.14. The summed E-state index contributed by atoms with van der Waals surface area (Å²) in [6.45, 7) is 6.66. The Morgan fingerprint density at radius 1 is 1.30 bits per heavy atom. The van der Waals surface area contributed by atoms with Gasteiger partial charge in [0.1, 0.15) is 15.6 Å². The Morgan fingerprint density at radius 2 is 2.15 bits per heavy atom. The van der Waals surface area contributed by atoms with Crippen LogP contribution >= 0.6 is 23.1 Å². The molecule has 104 valence electrons. The third-order valence-electron chi connectivity index (χ3n) is 2.82. The number of aryl methyl sites for hydroxylation is 2. The molecule has 0 spiro atoms. The maximum Gasteiger partial charge on any atom is 0.262 e. The highest BCUT2D eigenvalue weighted by Crippen LogP contribution is 2.34. The zero-order chi connectivity index (χ0) is 14.1. The quantitative estimate of drug-likeness (QED) is 0.738. The number of oxazole rings is 1. The first-order valence-electron chi connectivity index (χ1n) is 6.28. The Kier molecular flexibility index (Phi) is 3.62. The lowest BCUT2D eigenvalue weighted by Gasteiger charge is -2.04. The van der Waals surface area contributed by atoms with Crippen molar-refractivity contribution >= 4 is 39.3 Å². The van der Waals surface area contributed by atoms with Crippen LogP contribution in [0.25, 0.3) is 10.2 Å². The molecule has 3 aromatic rings. The molecule has 0 aromatic carbocycles. The summed E-state index contributed by atoms with van der Waals surface area (Å²) >= 11 is 3.04. The fourth-order valence-corrected chi connectivity index (χ4v) is 3.46. The summed E-state index contributed by atoms with van der Waals surface area (Å²) in [6.07, 6.45) is 0. The third kappa shape index (κ3) is 2.51. The summed E-state index contributed by atoms with van der Waals surface area (Å²) in [4.78, 5) is 14.4. The number of fused-ring (bicyclic) bond motifs is 1. The maximum absolute atomic E-state index is 5.62. The molecule has 7 heteroatoms. The van der Waals surface area contributed by atoms with Crippen LogP contribution in [0.1, 0.15) is 18.4 Å². The SMILES string of the molecule is CCNc1nc(Sc2nc(C)c(C)o2)c2ccsc2n1. The molecule has 0 atom stereocenters. The van der Waals surface area contributed by atoms with Crippen LogP contribution in [0.4, 0.5) is 5.95 Å². The van der Waals surface area contributed by atoms with Gasteiger partial charge in [-0.25, -0.2) is 15.0 Å². The highest BCUT2D eigenvalue weighted by molar-refractivity contribution is 7.99. The van der Waals surface area contributed by atoms with Crippen LogP contribution in [0, 0.1) is 13.8 Å². The lowest BCUT2D eigenvalue weighted by Crippen LogP contribution is -2.02. The van der Waals surface area contributed by atoms with Gasteiger partial charge in [0.05, 0.1) is 5.69 Å². The molecule has 0 aliphatic heterocycles. The van der Waals surface area contributed by atoms with Gasteiger partial charge in [-0.3, -0.25) is 0 Å². The molecule has 0 fully saturated rings. The van der Waals surface area contributed by atoms with Crippen molar-refractivity contribution < 1.29 is 4.42 Å². The van der Waals surface area contributed by atoms with Crippen LogP contribution in [0.15, 0.2) is 26.1 Å². The van der Waals surface area contributed by atoms with E-state index in [1.165, 1.54) is 11.8 Å². The van der Waals surface area contributed by atoms with Gasteiger partial charge >= 0.3 is 0 Å². The first-order valence-corrected chi connectivity index (χ1v) is 7.98. The van der Waals surface area contributed by atoms with Crippen LogP contribution in [0.5, 0.6) is 0 Å². The summed E-state index contributed by atoms with van der Waals surface area (Å²) in [5.41, 5.74) is 0.912. The summed E-state index contributed by atoms with van der Waals surface area (Å²) in [7, 11) is 0. The first-order chi connectivity index (χ1) is 9.67. The van der Waals surface area contributed by atoms with Crippen LogP contribution in [0.3, 0.4) is 0 Å². The predicted octanol–water partition coefficient (Wildman–Crippen LogP) is 3.88. The van der Waals surface area contributed by atoms with E-state index in [0.29, 0.717) is 11.2 Å². The zero-order valence-corrected chi connectivity index (χ0v) is 13.1. The van der Waals surface area contributed by atoms with E-state index in [0.717, 1.165) is 33.2 Å². The number of anilines is 1. The Labute approximate surface area is 124 Å². The van der Waals surface area contributed by atoms with Crippen molar-refractivity contribution in [3.8, 4) is 0 Å². The van der Waals surface area contributed by atoms with Gasteiger partial charge < -0.3 is 9.73 Å². The minimum Gasteiger partial charge on any atom is -0.436 e. The second kappa shape index (κ2) is 5.41. The third-order valence-corrected chi connectivity index (χ3v) is 4.48. The van der Waals surface area contributed by atoms with E-state index in [1.807, 2.05) is 32.2 Å². The lowest BCUT2D eigenvalue weighted by atomic mass is 10.4. The summed E-state index contributed by atoms with van der Waals surface area (Å²) in [6, 6.07) is 2.03. The minimum absolute atomic E-state index is 0.619. The fourth-order valence-electron chi connectivity index (χ4n) is 1.71. The predicted molar refractivity (Wildman–Crippen MR) is 81.7 cm³/mol. The molecular formula is C13H14N4OS2. The van der Waals surface area contributed by atoms with Gasteiger partial charge in [0.25, 0.3) is 5.22 Å². The Hall–Kier alpha value is -1.60. The van der Waals surface area contributed by atoms with Gasteiger partial charge in [-0.2, -0.15) is 0 Å². The molecule has 20 heavy (non-hydrogen) atoms. The van der Waals surface area contributed by atoms with Gasteiger partial charge in [0.15, 0.2) is 0 Å². The van der Waals surface area contributed by atoms with Crippen LogP contribution in [-0.2, 0) is 0 Å². The molecule has 0 radical (unpaired) electrons. The van der Waals surface area contributed by atoms with E-state index in [1.54, 1.807) is 11.3 Å². The number of aromatic nitrogens is 3. The minimum atomic E-state index is 0.619. The fraction of sp³-hybridized carbons (Fsp3) is 0.308. The molecule has 1 N–H and O–H groups in total. The largest absolute Gasteiger partial charge is 0.436 e. The standard InChI is InChI=1S/C13H14N4OS2/c1-4-14-12-16-10-9(5-6-19-10)11(17-12)20-13-15-7(2)8(3)18-13/h5-6H,4H2,1-3H3,(H,14,16,17). The van der Waals surface area contributed by atoms with E-state index < -0.39 is 0 Å². The summed E-state index contributed by atoms with van der Waals surface area (Å²) in [5, 5.41) is 7.70. The van der Waals surface area contributed by atoms with E-state index in [-0.39, 0.29) is 0 Å². The van der Waals surface area contributed by atoms with Crippen molar-refractivity contribution in [2.45, 2.75) is 31.0 Å². The van der Waals surface area contributed by atoms with Gasteiger partial charge in [-0.05, 0) is 44.0 Å². The normalized spacial score (nSPS) is 11.2. The zero-order valence-electron chi connectivity index (χ0n) is 11.4. The molecule has 3 rings (SSSR count). The number of thiophene rings is 1. The maximum atomic E-state index is 5.62. The van der Waals surface area contributed by atoms with Gasteiger partial charge in [-0.1, -0.05) is 0 Å². The van der Waals surface area contributed by atoms with Crippen molar-refractivity contribution in [3.05, 3.63) is 22.9 Å². The number of nitrogens with zero attached hydrogens (tertiary/aromatic N) is 3. The van der Waals surface area contributed by atoms with E-state index in [4.69, 9.17) is 4.42 Å². The molecule has 0 bridgehead atoms. The van der Waals surface area contributed by atoms with E-state index >= 15 is 0 Å². The molecular weight excluding hydrogens is 292 g/mol. The Bertz CT molecular complexity index is 730. The molecule has 3 aromatic heterocycles. The molecule has 0 aliphatic carbocycles. The number of nitrogens with one attached hydrogen (secondary N) is 1. The van der Waals surface area contributed by atoms with Gasteiger partial charge in [0.2, 0.25) is 5.95 Å². The molecule has 3 heterocycles. The number of rotatable bonds is 4.